The van der Waals surface area contributed by atoms with E-state index in [1.165, 1.54) is 0 Å². The highest BCUT2D eigenvalue weighted by molar-refractivity contribution is 14.1. The molecule has 2 nitrogen and oxygen atoms in total. The number of fused-ring (bicyclic) bond motifs is 1. The number of benzene rings is 1. The zero-order chi connectivity index (χ0) is 14.4. The van der Waals surface area contributed by atoms with E-state index < -0.39 is 0 Å². The Morgan fingerprint density at radius 1 is 1.42 bits per heavy atom. The molecule has 0 aliphatic carbocycles. The van der Waals surface area contributed by atoms with Gasteiger partial charge in [0.2, 0.25) is 0 Å². The van der Waals surface area contributed by atoms with Crippen molar-refractivity contribution >= 4 is 45.8 Å². The van der Waals surface area contributed by atoms with E-state index in [1.54, 1.807) is 12.1 Å². The molecule has 0 atom stereocenters. The maximum atomic E-state index is 13.8. The molecule has 0 amide bonds. The van der Waals surface area contributed by atoms with Crippen LogP contribution in [-0.2, 0) is 6.54 Å². The fraction of sp³-hybridized carbons (Fsp3) is 0.500. The number of hydrogen-bond acceptors (Lipinski definition) is 1. The third-order valence-corrected chi connectivity index (χ3v) is 5.09. The van der Waals surface area contributed by atoms with Gasteiger partial charge in [-0.25, -0.2) is 4.39 Å². The van der Waals surface area contributed by atoms with Gasteiger partial charge >= 0.3 is 0 Å². The summed E-state index contributed by atoms with van der Waals surface area (Å²) in [5, 5.41) is 0. The van der Waals surface area contributed by atoms with E-state index in [1.807, 2.05) is 27.2 Å². The quantitative estimate of drug-likeness (QED) is 0.568. The first-order chi connectivity index (χ1) is 8.72. The first kappa shape index (κ1) is 15.0. The van der Waals surface area contributed by atoms with Crippen molar-refractivity contribution in [3.63, 3.8) is 0 Å². The average Bonchev–Trinajstić information content (AvgIpc) is 2.56. The second kappa shape index (κ2) is 5.16. The molecular formula is C14H18FIN2S. The zero-order valence-electron chi connectivity index (χ0n) is 11.6. The Balaban J connectivity index is 2.58. The molecule has 1 heterocycles. The lowest BCUT2D eigenvalue weighted by Crippen LogP contribution is -2.25. The Morgan fingerprint density at radius 3 is 2.63 bits per heavy atom. The minimum atomic E-state index is -0.196. The highest BCUT2D eigenvalue weighted by atomic mass is 127. The molecule has 0 fully saturated rings. The van der Waals surface area contributed by atoms with Crippen LogP contribution in [0.3, 0.4) is 0 Å². The molecule has 2 rings (SSSR count). The summed E-state index contributed by atoms with van der Waals surface area (Å²) in [7, 11) is 0. The molecule has 2 aromatic rings. The lowest BCUT2D eigenvalue weighted by atomic mass is 9.81. The smallest absolute Gasteiger partial charge is 0.178 e. The molecule has 5 heteroatoms. The second-order valence-electron chi connectivity index (χ2n) is 5.94. The highest BCUT2D eigenvalue weighted by Gasteiger charge is 2.24. The summed E-state index contributed by atoms with van der Waals surface area (Å²) < 4.78 is 17.0. The van der Waals surface area contributed by atoms with E-state index in [4.69, 9.17) is 12.2 Å². The van der Waals surface area contributed by atoms with E-state index in [9.17, 15) is 4.39 Å². The number of hydrogen-bond donors (Lipinski definition) is 1. The van der Waals surface area contributed by atoms with Gasteiger partial charge < -0.3 is 9.55 Å². The number of aromatic nitrogens is 2. The molecule has 19 heavy (non-hydrogen) atoms. The van der Waals surface area contributed by atoms with Crippen LogP contribution >= 0.6 is 34.8 Å². The predicted octanol–water partition coefficient (Wildman–Crippen LogP) is 5.12. The Morgan fingerprint density at radius 2 is 2.05 bits per heavy atom. The second-order valence-corrected chi connectivity index (χ2v) is 7.49. The van der Waals surface area contributed by atoms with Crippen molar-refractivity contribution in [1.29, 1.82) is 0 Å². The average molecular weight is 392 g/mol. The molecule has 1 N–H and O–H groups in total. The molecule has 0 saturated carbocycles. The van der Waals surface area contributed by atoms with Gasteiger partial charge in [0.05, 0.1) is 14.6 Å². The van der Waals surface area contributed by atoms with Crippen LogP contribution in [0.1, 0.15) is 27.7 Å². The van der Waals surface area contributed by atoms with Gasteiger partial charge in [0.1, 0.15) is 5.82 Å². The number of rotatable bonds is 3. The molecular weight excluding hydrogens is 374 g/mol. The minimum Gasteiger partial charge on any atom is -0.331 e. The number of nitrogens with one attached hydrogen (secondary N) is 1. The standard InChI is InChI=1S/C14H18FIN2S/c1-8(2)14(3,4)7-18-12-5-9(15)10(16)6-11(12)17-13(18)19/h5-6,8H,7H2,1-4H3,(H,17,19). The molecule has 0 aliphatic heterocycles. The van der Waals surface area contributed by atoms with Crippen LogP contribution in [0.5, 0.6) is 0 Å². The molecule has 0 unspecified atom stereocenters. The van der Waals surface area contributed by atoms with E-state index in [2.05, 4.69) is 32.7 Å². The monoisotopic (exact) mass is 392 g/mol. The summed E-state index contributed by atoms with van der Waals surface area (Å²) in [6, 6.07) is 3.37. The van der Waals surface area contributed by atoms with E-state index in [0.717, 1.165) is 17.6 Å². The van der Waals surface area contributed by atoms with Gasteiger partial charge in [-0.3, -0.25) is 0 Å². The van der Waals surface area contributed by atoms with Crippen LogP contribution in [0, 0.1) is 25.5 Å². The van der Waals surface area contributed by atoms with Crippen molar-refractivity contribution in [2.45, 2.75) is 34.2 Å². The van der Waals surface area contributed by atoms with Gasteiger partial charge in [-0.1, -0.05) is 27.7 Å². The lowest BCUT2D eigenvalue weighted by Gasteiger charge is -2.29. The van der Waals surface area contributed by atoms with Gasteiger partial charge in [0.15, 0.2) is 4.77 Å². The van der Waals surface area contributed by atoms with Gasteiger partial charge in [-0.05, 0) is 52.2 Å². The van der Waals surface area contributed by atoms with Crippen molar-refractivity contribution in [2.24, 2.45) is 11.3 Å². The van der Waals surface area contributed by atoms with Crippen molar-refractivity contribution in [2.75, 3.05) is 0 Å². The number of aromatic amines is 1. The molecule has 1 aromatic carbocycles. The zero-order valence-corrected chi connectivity index (χ0v) is 14.5. The summed E-state index contributed by atoms with van der Waals surface area (Å²) in [5.41, 5.74) is 1.85. The van der Waals surface area contributed by atoms with Gasteiger partial charge in [0.25, 0.3) is 0 Å². The first-order valence-electron chi connectivity index (χ1n) is 6.30. The first-order valence-corrected chi connectivity index (χ1v) is 7.78. The third kappa shape index (κ3) is 2.86. The Kier molecular flexibility index (Phi) is 4.07. The normalized spacial score (nSPS) is 12.6. The molecule has 104 valence electrons. The summed E-state index contributed by atoms with van der Waals surface area (Å²) in [6.45, 7) is 9.59. The van der Waals surface area contributed by atoms with Crippen LogP contribution in [0.4, 0.5) is 4.39 Å². The topological polar surface area (TPSA) is 20.7 Å². The Bertz CT molecular complexity index is 670. The Labute approximate surface area is 131 Å². The van der Waals surface area contributed by atoms with Gasteiger partial charge in [-0.2, -0.15) is 0 Å². The van der Waals surface area contributed by atoms with Crippen LogP contribution in [0.2, 0.25) is 0 Å². The van der Waals surface area contributed by atoms with Crippen molar-refractivity contribution in [1.82, 2.24) is 9.55 Å². The number of halogens is 2. The Hall–Kier alpha value is -0.430. The van der Waals surface area contributed by atoms with Crippen molar-refractivity contribution in [3.05, 3.63) is 26.3 Å². The van der Waals surface area contributed by atoms with E-state index >= 15 is 0 Å². The third-order valence-electron chi connectivity index (χ3n) is 3.94. The fourth-order valence-corrected chi connectivity index (χ4v) is 2.64. The largest absolute Gasteiger partial charge is 0.331 e. The minimum absolute atomic E-state index is 0.104. The SMILES string of the molecule is CC(C)C(C)(C)Cn1c(=S)[nH]c2cc(I)c(F)cc21. The summed E-state index contributed by atoms with van der Waals surface area (Å²) >= 11 is 7.37. The van der Waals surface area contributed by atoms with Crippen LogP contribution in [0.25, 0.3) is 11.0 Å². The summed E-state index contributed by atoms with van der Waals surface area (Å²) in [6.07, 6.45) is 0. The van der Waals surface area contributed by atoms with E-state index in [-0.39, 0.29) is 11.2 Å². The lowest BCUT2D eigenvalue weighted by molar-refractivity contribution is 0.211. The molecule has 0 saturated heterocycles. The maximum absolute atomic E-state index is 13.8. The van der Waals surface area contributed by atoms with E-state index in [0.29, 0.717) is 14.3 Å². The van der Waals surface area contributed by atoms with Crippen molar-refractivity contribution < 1.29 is 4.39 Å². The van der Waals surface area contributed by atoms with Crippen LogP contribution in [-0.4, -0.2) is 9.55 Å². The van der Waals surface area contributed by atoms with Crippen LogP contribution < -0.4 is 0 Å². The number of imidazole rings is 1. The molecule has 0 spiro atoms. The number of H-pyrrole nitrogens is 1. The van der Waals surface area contributed by atoms with Gasteiger partial charge in [-0.15, -0.1) is 0 Å². The molecule has 0 bridgehead atoms. The highest BCUT2D eigenvalue weighted by Crippen LogP contribution is 2.30. The molecule has 0 aliphatic rings. The maximum Gasteiger partial charge on any atom is 0.178 e. The van der Waals surface area contributed by atoms with Crippen LogP contribution in [0.15, 0.2) is 12.1 Å². The van der Waals surface area contributed by atoms with Gasteiger partial charge in [0, 0.05) is 12.6 Å². The fourth-order valence-electron chi connectivity index (χ4n) is 1.90. The number of nitrogens with zero attached hydrogens (tertiary/aromatic N) is 1. The summed E-state index contributed by atoms with van der Waals surface area (Å²) in [5.74, 6) is 0.325. The summed E-state index contributed by atoms with van der Waals surface area (Å²) in [4.78, 5) is 3.16. The predicted molar refractivity (Wildman–Crippen MR) is 88.4 cm³/mol. The molecule has 1 aromatic heterocycles. The van der Waals surface area contributed by atoms with Crippen molar-refractivity contribution in [3.8, 4) is 0 Å². The molecule has 0 radical (unpaired) electrons.